The van der Waals surface area contributed by atoms with Crippen LogP contribution >= 0.6 is 0 Å². The van der Waals surface area contributed by atoms with Gasteiger partial charge < -0.3 is 0 Å². The second-order valence-electron chi connectivity index (χ2n) is 1.66. The largest absolute Gasteiger partial charge is 0.270 e. The first-order valence-corrected chi connectivity index (χ1v) is 2.69. The van der Waals surface area contributed by atoms with E-state index in [1.165, 1.54) is 5.57 Å². The van der Waals surface area contributed by atoms with Gasteiger partial charge in [0.25, 0.3) is 0 Å². The molecule has 0 aromatic carbocycles. The van der Waals surface area contributed by atoms with Crippen molar-refractivity contribution in [1.29, 1.82) is 0 Å². The second-order valence-corrected chi connectivity index (χ2v) is 1.66. The standard InChI is InChI=1S/C7H9.Ir/c1-2-7-5-3-4-6-7;/h3,5H,2,4H2,1H3;/q-1;. The molecule has 0 nitrogen and oxygen atoms in total. The first kappa shape index (κ1) is 8.13. The topological polar surface area (TPSA) is 0 Å². The van der Waals surface area contributed by atoms with E-state index in [1.807, 2.05) is 0 Å². The zero-order chi connectivity index (χ0) is 5.11. The van der Waals surface area contributed by atoms with E-state index < -0.39 is 0 Å². The number of hydrogen-bond acceptors (Lipinski definition) is 0. The Hall–Kier alpha value is 0.129. The van der Waals surface area contributed by atoms with Gasteiger partial charge in [0, 0.05) is 20.1 Å². The van der Waals surface area contributed by atoms with Gasteiger partial charge in [0.1, 0.15) is 0 Å². The van der Waals surface area contributed by atoms with Gasteiger partial charge >= 0.3 is 0 Å². The van der Waals surface area contributed by atoms with Gasteiger partial charge in [0.2, 0.25) is 0 Å². The summed E-state index contributed by atoms with van der Waals surface area (Å²) in [4.78, 5) is 0. The zero-order valence-electron chi connectivity index (χ0n) is 4.90. The summed E-state index contributed by atoms with van der Waals surface area (Å²) in [5, 5.41) is 0. The molecule has 1 rings (SSSR count). The van der Waals surface area contributed by atoms with E-state index in [2.05, 4.69) is 25.2 Å². The predicted octanol–water partition coefficient (Wildman–Crippen LogP) is 2.08. The third-order valence-electron chi connectivity index (χ3n) is 1.15. The molecule has 0 bridgehead atoms. The summed E-state index contributed by atoms with van der Waals surface area (Å²) < 4.78 is 0. The molecule has 8 heavy (non-hydrogen) atoms. The number of allylic oxidation sites excluding steroid dienone is 4. The fraction of sp³-hybridized carbons (Fsp3) is 0.429. The van der Waals surface area contributed by atoms with Crippen LogP contribution in [0, 0.1) is 6.08 Å². The average molecular weight is 285 g/mol. The molecule has 0 fully saturated rings. The Morgan fingerprint density at radius 2 is 2.50 bits per heavy atom. The van der Waals surface area contributed by atoms with Crippen LogP contribution in [-0.2, 0) is 20.1 Å². The van der Waals surface area contributed by atoms with Gasteiger partial charge in [-0.05, 0) is 0 Å². The van der Waals surface area contributed by atoms with E-state index in [-0.39, 0.29) is 20.1 Å². The fourth-order valence-electron chi connectivity index (χ4n) is 0.693. The van der Waals surface area contributed by atoms with Gasteiger partial charge in [-0.2, -0.15) is 6.08 Å². The molecule has 1 aliphatic rings. The molecule has 0 aliphatic heterocycles. The van der Waals surface area contributed by atoms with Crippen molar-refractivity contribution in [2.45, 2.75) is 19.8 Å². The molecule has 0 aromatic rings. The van der Waals surface area contributed by atoms with E-state index in [9.17, 15) is 0 Å². The first-order chi connectivity index (χ1) is 3.43. The van der Waals surface area contributed by atoms with Crippen molar-refractivity contribution in [2.24, 2.45) is 0 Å². The molecule has 0 atom stereocenters. The first-order valence-electron chi connectivity index (χ1n) is 2.69. The maximum absolute atomic E-state index is 3.21. The molecule has 1 heteroatoms. The molecule has 0 amide bonds. The van der Waals surface area contributed by atoms with E-state index in [1.54, 1.807) is 0 Å². The molecule has 1 radical (unpaired) electrons. The van der Waals surface area contributed by atoms with Crippen LogP contribution in [0.2, 0.25) is 0 Å². The predicted molar refractivity (Wildman–Crippen MR) is 30.8 cm³/mol. The maximum Gasteiger partial charge on any atom is 0 e. The molecule has 0 unspecified atom stereocenters. The minimum absolute atomic E-state index is 0. The summed E-state index contributed by atoms with van der Waals surface area (Å²) >= 11 is 0. The average Bonchev–Trinajstić information content (AvgIpc) is 2.14. The fourth-order valence-corrected chi connectivity index (χ4v) is 0.693. The molecular weight excluding hydrogens is 276 g/mol. The van der Waals surface area contributed by atoms with E-state index in [0.717, 1.165) is 12.8 Å². The Morgan fingerprint density at radius 3 is 2.75 bits per heavy atom. The van der Waals surface area contributed by atoms with Gasteiger partial charge in [0.05, 0.1) is 0 Å². The minimum atomic E-state index is 0. The normalized spacial score (nSPS) is 15.4. The van der Waals surface area contributed by atoms with Crippen LogP contribution < -0.4 is 0 Å². The van der Waals surface area contributed by atoms with Crippen molar-refractivity contribution in [3.8, 4) is 0 Å². The van der Waals surface area contributed by atoms with Crippen molar-refractivity contribution in [3.05, 3.63) is 23.8 Å². The van der Waals surface area contributed by atoms with Crippen LogP contribution in [0.5, 0.6) is 0 Å². The molecular formula is C7H9Ir-. The van der Waals surface area contributed by atoms with Crippen LogP contribution in [0.3, 0.4) is 0 Å². The third-order valence-corrected chi connectivity index (χ3v) is 1.15. The van der Waals surface area contributed by atoms with Crippen LogP contribution in [-0.4, -0.2) is 0 Å². The molecule has 0 saturated heterocycles. The Kier molecular flexibility index (Phi) is 4.12. The summed E-state index contributed by atoms with van der Waals surface area (Å²) in [7, 11) is 0. The molecule has 1 aliphatic carbocycles. The van der Waals surface area contributed by atoms with Crippen molar-refractivity contribution >= 4 is 0 Å². The molecule has 0 spiro atoms. The summed E-state index contributed by atoms with van der Waals surface area (Å²) in [5.74, 6) is 0. The molecule has 0 aromatic heterocycles. The van der Waals surface area contributed by atoms with Gasteiger partial charge in [-0.15, -0.1) is 6.42 Å². The van der Waals surface area contributed by atoms with Gasteiger partial charge in [0.15, 0.2) is 0 Å². The van der Waals surface area contributed by atoms with Crippen LogP contribution in [0.15, 0.2) is 17.7 Å². The van der Waals surface area contributed by atoms with Crippen molar-refractivity contribution < 1.29 is 20.1 Å². The summed E-state index contributed by atoms with van der Waals surface area (Å²) in [6.45, 7) is 2.15. The van der Waals surface area contributed by atoms with Crippen molar-refractivity contribution in [2.75, 3.05) is 0 Å². The Morgan fingerprint density at radius 1 is 1.75 bits per heavy atom. The summed E-state index contributed by atoms with van der Waals surface area (Å²) in [6, 6.07) is 0. The van der Waals surface area contributed by atoms with Crippen molar-refractivity contribution in [3.63, 3.8) is 0 Å². The summed E-state index contributed by atoms with van der Waals surface area (Å²) in [5.41, 5.74) is 1.36. The number of hydrogen-bond donors (Lipinski definition) is 0. The Bertz CT molecular complexity index is 112. The van der Waals surface area contributed by atoms with Crippen LogP contribution in [0.1, 0.15) is 19.8 Å². The van der Waals surface area contributed by atoms with Gasteiger partial charge in [-0.1, -0.05) is 13.3 Å². The molecule has 0 saturated carbocycles. The van der Waals surface area contributed by atoms with E-state index in [4.69, 9.17) is 0 Å². The molecule has 0 heterocycles. The second kappa shape index (κ2) is 4.05. The van der Waals surface area contributed by atoms with Crippen LogP contribution in [0.4, 0.5) is 0 Å². The third kappa shape index (κ3) is 1.93. The maximum atomic E-state index is 3.21. The van der Waals surface area contributed by atoms with Gasteiger partial charge in [-0.3, -0.25) is 6.08 Å². The smallest absolute Gasteiger partial charge is 0 e. The van der Waals surface area contributed by atoms with Gasteiger partial charge in [-0.25, -0.2) is 11.6 Å². The molecule has 47 valence electrons. The minimum Gasteiger partial charge on any atom is -0.270 e. The summed E-state index contributed by atoms with van der Waals surface area (Å²) in [6.07, 6.45) is 9.65. The Labute approximate surface area is 64.0 Å². The Balaban J connectivity index is 0.000000490. The number of rotatable bonds is 1. The quantitative estimate of drug-likeness (QED) is 0.647. The SMILES string of the molecule is CCC1=[C-]CC=C1.[Ir]. The zero-order valence-corrected chi connectivity index (χ0v) is 7.30. The van der Waals surface area contributed by atoms with E-state index >= 15 is 0 Å². The van der Waals surface area contributed by atoms with Crippen LogP contribution in [0.25, 0.3) is 0 Å². The monoisotopic (exact) mass is 286 g/mol. The molecule has 0 N–H and O–H groups in total. The van der Waals surface area contributed by atoms with E-state index in [0.29, 0.717) is 0 Å². The van der Waals surface area contributed by atoms with Crippen molar-refractivity contribution in [1.82, 2.24) is 0 Å².